The second kappa shape index (κ2) is 2.78. The summed E-state index contributed by atoms with van der Waals surface area (Å²) in [5.41, 5.74) is 0. The summed E-state index contributed by atoms with van der Waals surface area (Å²) >= 11 is 0. The number of hydrogen-bond donors (Lipinski definition) is 0. The highest BCUT2D eigenvalue weighted by Crippen LogP contribution is 2.49. The quantitative estimate of drug-likeness (QED) is 0.593. The summed E-state index contributed by atoms with van der Waals surface area (Å²) in [5, 5.41) is 0. The van der Waals surface area contributed by atoms with Gasteiger partial charge in [-0.3, -0.25) is 0 Å². The third-order valence-corrected chi connectivity index (χ3v) is 3.60. The number of rotatable bonds is 2. The Labute approximate surface area is 69.1 Å². The molecule has 0 aromatic heterocycles. The lowest BCUT2D eigenvalue weighted by Gasteiger charge is -2.27. The highest BCUT2D eigenvalue weighted by Gasteiger charge is 2.45. The maximum Gasteiger partial charge on any atom is 0.0631 e. The Morgan fingerprint density at radius 2 is 2.00 bits per heavy atom. The van der Waals surface area contributed by atoms with Gasteiger partial charge < -0.3 is 4.74 Å². The first kappa shape index (κ1) is 7.60. The molecule has 0 heterocycles. The molecular weight excluding hydrogens is 136 g/mol. The molecule has 1 nitrogen and oxygen atoms in total. The van der Waals surface area contributed by atoms with Crippen molar-refractivity contribution in [2.75, 3.05) is 6.61 Å². The van der Waals surface area contributed by atoms with Crippen molar-refractivity contribution in [3.8, 4) is 0 Å². The second-order valence-corrected chi connectivity index (χ2v) is 4.11. The van der Waals surface area contributed by atoms with E-state index in [4.69, 9.17) is 4.74 Å². The SMILES string of the molecule is CCOC1C2CC[C@@H](C2)C1C. The van der Waals surface area contributed by atoms with Gasteiger partial charge in [0.15, 0.2) is 0 Å². The van der Waals surface area contributed by atoms with Gasteiger partial charge in [0.2, 0.25) is 0 Å². The van der Waals surface area contributed by atoms with Crippen molar-refractivity contribution < 1.29 is 4.74 Å². The molecule has 0 spiro atoms. The maximum atomic E-state index is 5.75. The molecule has 0 aromatic carbocycles. The molecule has 11 heavy (non-hydrogen) atoms. The van der Waals surface area contributed by atoms with E-state index in [0.29, 0.717) is 6.10 Å². The van der Waals surface area contributed by atoms with Gasteiger partial charge in [0, 0.05) is 6.61 Å². The lowest BCUT2D eigenvalue weighted by molar-refractivity contribution is -0.00726. The molecule has 3 unspecified atom stereocenters. The minimum Gasteiger partial charge on any atom is -0.378 e. The first-order chi connectivity index (χ1) is 5.33. The molecule has 0 radical (unpaired) electrons. The molecule has 2 bridgehead atoms. The zero-order valence-electron chi connectivity index (χ0n) is 7.55. The van der Waals surface area contributed by atoms with Gasteiger partial charge >= 0.3 is 0 Å². The van der Waals surface area contributed by atoms with E-state index in [1.54, 1.807) is 0 Å². The molecule has 0 N–H and O–H groups in total. The molecule has 2 fully saturated rings. The standard InChI is InChI=1S/C10H18O/c1-3-11-10-7(2)8-4-5-9(10)6-8/h7-10H,3-6H2,1-2H3/t7?,8-,9?,10?/m0/s1. The molecule has 1 heteroatoms. The fourth-order valence-corrected chi connectivity index (χ4v) is 3.01. The van der Waals surface area contributed by atoms with Crippen molar-refractivity contribution in [3.05, 3.63) is 0 Å². The van der Waals surface area contributed by atoms with Crippen molar-refractivity contribution >= 4 is 0 Å². The molecule has 64 valence electrons. The van der Waals surface area contributed by atoms with Crippen molar-refractivity contribution in [1.82, 2.24) is 0 Å². The number of fused-ring (bicyclic) bond motifs is 2. The van der Waals surface area contributed by atoms with Crippen molar-refractivity contribution in [1.29, 1.82) is 0 Å². The van der Waals surface area contributed by atoms with Gasteiger partial charge in [0.05, 0.1) is 6.10 Å². The highest BCUT2D eigenvalue weighted by atomic mass is 16.5. The largest absolute Gasteiger partial charge is 0.378 e. The van der Waals surface area contributed by atoms with Crippen LogP contribution >= 0.6 is 0 Å². The van der Waals surface area contributed by atoms with Crippen molar-refractivity contribution in [2.45, 2.75) is 39.2 Å². The van der Waals surface area contributed by atoms with E-state index in [9.17, 15) is 0 Å². The Kier molecular flexibility index (Phi) is 1.92. The second-order valence-electron chi connectivity index (χ2n) is 4.11. The van der Waals surface area contributed by atoms with E-state index in [2.05, 4.69) is 13.8 Å². The Morgan fingerprint density at radius 1 is 1.27 bits per heavy atom. The topological polar surface area (TPSA) is 9.23 Å². The van der Waals surface area contributed by atoms with Crippen LogP contribution in [0.4, 0.5) is 0 Å². The van der Waals surface area contributed by atoms with E-state index in [-0.39, 0.29) is 0 Å². The van der Waals surface area contributed by atoms with Crippen molar-refractivity contribution in [3.63, 3.8) is 0 Å². The van der Waals surface area contributed by atoms with Gasteiger partial charge in [-0.1, -0.05) is 6.92 Å². The zero-order chi connectivity index (χ0) is 7.84. The van der Waals surface area contributed by atoms with Gasteiger partial charge in [-0.05, 0) is 43.9 Å². The predicted octanol–water partition coefficient (Wildman–Crippen LogP) is 2.46. The third-order valence-electron chi connectivity index (χ3n) is 3.60. The normalized spacial score (nSPS) is 48.5. The van der Waals surface area contributed by atoms with Crippen LogP contribution in [0, 0.1) is 17.8 Å². The van der Waals surface area contributed by atoms with Crippen LogP contribution in [0.2, 0.25) is 0 Å². The molecule has 2 saturated carbocycles. The van der Waals surface area contributed by atoms with Crippen LogP contribution in [0.1, 0.15) is 33.1 Å². The Balaban J connectivity index is 2.00. The van der Waals surface area contributed by atoms with Crippen LogP contribution in [-0.2, 0) is 4.74 Å². The summed E-state index contributed by atoms with van der Waals surface area (Å²) in [4.78, 5) is 0. The molecule has 4 atom stereocenters. The van der Waals surface area contributed by atoms with Crippen LogP contribution in [0.3, 0.4) is 0 Å². The van der Waals surface area contributed by atoms with E-state index < -0.39 is 0 Å². The first-order valence-electron chi connectivity index (χ1n) is 4.94. The van der Waals surface area contributed by atoms with Gasteiger partial charge in [-0.15, -0.1) is 0 Å². The molecule has 2 rings (SSSR count). The molecule has 0 amide bonds. The summed E-state index contributed by atoms with van der Waals surface area (Å²) < 4.78 is 5.75. The minimum absolute atomic E-state index is 0.610. The maximum absolute atomic E-state index is 5.75. The Bertz CT molecular complexity index is 142. The Morgan fingerprint density at radius 3 is 2.55 bits per heavy atom. The lowest BCUT2D eigenvalue weighted by atomic mass is 9.88. The molecule has 0 aliphatic heterocycles. The molecule has 2 aliphatic rings. The van der Waals surface area contributed by atoms with E-state index in [1.165, 1.54) is 19.3 Å². The van der Waals surface area contributed by atoms with E-state index in [1.807, 2.05) is 0 Å². The smallest absolute Gasteiger partial charge is 0.0631 e. The summed E-state index contributed by atoms with van der Waals surface area (Å²) in [6.45, 7) is 5.38. The fraction of sp³-hybridized carbons (Fsp3) is 1.00. The molecular formula is C10H18O. The van der Waals surface area contributed by atoms with Gasteiger partial charge in [0.25, 0.3) is 0 Å². The first-order valence-corrected chi connectivity index (χ1v) is 4.94. The lowest BCUT2D eigenvalue weighted by Crippen LogP contribution is -2.28. The van der Waals surface area contributed by atoms with Crippen LogP contribution in [0.15, 0.2) is 0 Å². The average molecular weight is 154 g/mol. The van der Waals surface area contributed by atoms with Crippen LogP contribution < -0.4 is 0 Å². The summed E-state index contributed by atoms with van der Waals surface area (Å²) in [6, 6.07) is 0. The summed E-state index contributed by atoms with van der Waals surface area (Å²) in [5.74, 6) is 2.75. The monoisotopic (exact) mass is 154 g/mol. The zero-order valence-corrected chi connectivity index (χ0v) is 7.55. The minimum atomic E-state index is 0.610. The van der Waals surface area contributed by atoms with Gasteiger partial charge in [-0.2, -0.15) is 0 Å². The fourth-order valence-electron chi connectivity index (χ4n) is 3.01. The molecule has 2 aliphatic carbocycles. The third kappa shape index (κ3) is 1.10. The van der Waals surface area contributed by atoms with Gasteiger partial charge in [-0.25, -0.2) is 0 Å². The number of ether oxygens (including phenoxy) is 1. The summed E-state index contributed by atoms with van der Waals surface area (Å²) in [7, 11) is 0. The van der Waals surface area contributed by atoms with Gasteiger partial charge in [0.1, 0.15) is 0 Å². The molecule has 0 saturated heterocycles. The van der Waals surface area contributed by atoms with Crippen LogP contribution in [-0.4, -0.2) is 12.7 Å². The van der Waals surface area contributed by atoms with E-state index >= 15 is 0 Å². The average Bonchev–Trinajstić information content (AvgIpc) is 2.54. The van der Waals surface area contributed by atoms with E-state index in [0.717, 1.165) is 24.4 Å². The van der Waals surface area contributed by atoms with Crippen LogP contribution in [0.5, 0.6) is 0 Å². The summed E-state index contributed by atoms with van der Waals surface area (Å²) in [6.07, 6.45) is 4.96. The Hall–Kier alpha value is -0.0400. The molecule has 0 aromatic rings. The number of hydrogen-bond acceptors (Lipinski definition) is 1. The van der Waals surface area contributed by atoms with Crippen molar-refractivity contribution in [2.24, 2.45) is 17.8 Å². The highest BCUT2D eigenvalue weighted by molar-refractivity contribution is 4.95. The van der Waals surface area contributed by atoms with Crippen LogP contribution in [0.25, 0.3) is 0 Å². The predicted molar refractivity (Wildman–Crippen MR) is 45.4 cm³/mol.